The molecule has 0 radical (unpaired) electrons. The fourth-order valence-corrected chi connectivity index (χ4v) is 4.11. The Morgan fingerprint density at radius 1 is 1.04 bits per heavy atom. The smallest absolute Gasteiger partial charge is 0.181 e. The molecular formula is C22H26N6. The first kappa shape index (κ1) is 17.4. The summed E-state index contributed by atoms with van der Waals surface area (Å²) in [6.45, 7) is 3.42. The maximum Gasteiger partial charge on any atom is 0.181 e. The Labute approximate surface area is 165 Å². The van der Waals surface area contributed by atoms with E-state index in [1.165, 1.54) is 19.4 Å². The molecule has 0 unspecified atom stereocenters. The number of anilines is 1. The van der Waals surface area contributed by atoms with E-state index in [4.69, 9.17) is 4.98 Å². The number of pyridine rings is 1. The van der Waals surface area contributed by atoms with E-state index in [-0.39, 0.29) is 5.54 Å². The van der Waals surface area contributed by atoms with E-state index in [0.29, 0.717) is 0 Å². The van der Waals surface area contributed by atoms with Crippen LogP contribution < -0.4 is 5.32 Å². The summed E-state index contributed by atoms with van der Waals surface area (Å²) in [6, 6.07) is 14.3. The van der Waals surface area contributed by atoms with Crippen LogP contribution in [0.4, 0.5) is 5.69 Å². The van der Waals surface area contributed by atoms with Gasteiger partial charge in [0.15, 0.2) is 11.6 Å². The summed E-state index contributed by atoms with van der Waals surface area (Å²) in [4.78, 5) is 11.6. The van der Waals surface area contributed by atoms with Gasteiger partial charge in [0.1, 0.15) is 0 Å². The highest BCUT2D eigenvalue weighted by Gasteiger charge is 2.40. The molecule has 2 aromatic heterocycles. The molecule has 1 aliphatic heterocycles. The van der Waals surface area contributed by atoms with E-state index in [0.717, 1.165) is 54.7 Å². The maximum absolute atomic E-state index is 4.90. The molecule has 0 atom stereocenters. The molecule has 6 heteroatoms. The molecule has 0 amide bonds. The molecule has 0 bridgehead atoms. The zero-order valence-corrected chi connectivity index (χ0v) is 16.0. The molecule has 3 heterocycles. The Bertz CT molecular complexity index is 895. The maximum atomic E-state index is 4.90. The number of aromatic nitrogens is 4. The minimum atomic E-state index is -0.223. The normalized spacial score (nSPS) is 19.4. The summed E-state index contributed by atoms with van der Waals surface area (Å²) >= 11 is 0. The van der Waals surface area contributed by atoms with Gasteiger partial charge in [0.25, 0.3) is 0 Å². The Morgan fingerprint density at radius 2 is 1.79 bits per heavy atom. The third kappa shape index (κ3) is 3.64. The molecule has 28 heavy (non-hydrogen) atoms. The Kier molecular flexibility index (Phi) is 4.56. The standard InChI is InChI=1S/C22H26N6/c1-2-4-19(5-3-1)25-22(10-14-28(15-11-22)16-17-6-7-17)21-24-20(26-27-21)18-8-12-23-13-9-18/h1-5,8-9,12-13,17,25H,6-7,10-11,14-16H2,(H,24,26,27). The van der Waals surface area contributed by atoms with Crippen LogP contribution in [-0.2, 0) is 5.54 Å². The minimum Gasteiger partial charge on any atom is -0.373 e. The van der Waals surface area contributed by atoms with Gasteiger partial charge in [-0.2, -0.15) is 5.10 Å². The van der Waals surface area contributed by atoms with Crippen LogP contribution in [0.15, 0.2) is 54.9 Å². The van der Waals surface area contributed by atoms with E-state index in [1.54, 1.807) is 12.4 Å². The molecule has 144 valence electrons. The Morgan fingerprint density at radius 3 is 2.50 bits per heavy atom. The van der Waals surface area contributed by atoms with E-state index >= 15 is 0 Å². The minimum absolute atomic E-state index is 0.223. The quantitative estimate of drug-likeness (QED) is 0.689. The Balaban J connectivity index is 1.42. The molecule has 1 saturated carbocycles. The van der Waals surface area contributed by atoms with Crippen LogP contribution in [0.3, 0.4) is 0 Å². The molecule has 2 N–H and O–H groups in total. The SMILES string of the molecule is c1ccc(NC2(c3nc(-c4ccncc4)n[nH]3)CCN(CC3CC3)CC2)cc1. The van der Waals surface area contributed by atoms with Crippen molar-refractivity contribution in [3.63, 3.8) is 0 Å². The predicted molar refractivity (Wildman–Crippen MR) is 110 cm³/mol. The zero-order chi connectivity index (χ0) is 18.8. The topological polar surface area (TPSA) is 69.7 Å². The summed E-state index contributed by atoms with van der Waals surface area (Å²) in [5, 5.41) is 11.5. The summed E-state index contributed by atoms with van der Waals surface area (Å²) in [7, 11) is 0. The van der Waals surface area contributed by atoms with Crippen molar-refractivity contribution in [2.24, 2.45) is 5.92 Å². The lowest BCUT2D eigenvalue weighted by molar-refractivity contribution is 0.163. The van der Waals surface area contributed by atoms with Gasteiger partial charge in [0.2, 0.25) is 0 Å². The van der Waals surface area contributed by atoms with Gasteiger partial charge in [-0.15, -0.1) is 0 Å². The average Bonchev–Trinajstić information content (AvgIpc) is 3.42. The fraction of sp³-hybridized carbons (Fsp3) is 0.409. The number of nitrogens with zero attached hydrogens (tertiary/aromatic N) is 4. The number of H-pyrrole nitrogens is 1. The van der Waals surface area contributed by atoms with Crippen molar-refractivity contribution in [2.75, 3.05) is 25.0 Å². The zero-order valence-electron chi connectivity index (χ0n) is 16.0. The first-order valence-electron chi connectivity index (χ1n) is 10.2. The second-order valence-electron chi connectivity index (χ2n) is 8.06. The molecule has 1 aromatic carbocycles. The van der Waals surface area contributed by atoms with Gasteiger partial charge in [-0.25, -0.2) is 4.98 Å². The van der Waals surface area contributed by atoms with Gasteiger partial charge >= 0.3 is 0 Å². The molecule has 1 aliphatic carbocycles. The van der Waals surface area contributed by atoms with Crippen molar-refractivity contribution in [2.45, 2.75) is 31.2 Å². The van der Waals surface area contributed by atoms with Gasteiger partial charge in [-0.05, 0) is 55.9 Å². The van der Waals surface area contributed by atoms with Crippen molar-refractivity contribution in [1.29, 1.82) is 0 Å². The molecule has 0 spiro atoms. The lowest BCUT2D eigenvalue weighted by Crippen LogP contribution is -2.48. The highest BCUT2D eigenvalue weighted by molar-refractivity contribution is 5.54. The number of nitrogens with one attached hydrogen (secondary N) is 2. The first-order valence-corrected chi connectivity index (χ1v) is 10.2. The van der Waals surface area contributed by atoms with Crippen LogP contribution in [0.25, 0.3) is 11.4 Å². The summed E-state index contributed by atoms with van der Waals surface area (Å²) in [6.07, 6.45) is 8.39. The molecule has 1 saturated heterocycles. The molecule has 2 fully saturated rings. The van der Waals surface area contributed by atoms with Crippen molar-refractivity contribution in [3.8, 4) is 11.4 Å². The number of benzene rings is 1. The first-order chi connectivity index (χ1) is 13.8. The molecule has 5 rings (SSSR count). The summed E-state index contributed by atoms with van der Waals surface area (Å²) in [5.74, 6) is 2.58. The van der Waals surface area contributed by atoms with Crippen LogP contribution in [0.1, 0.15) is 31.5 Å². The molecule has 3 aromatic rings. The van der Waals surface area contributed by atoms with Gasteiger partial charge < -0.3 is 10.2 Å². The van der Waals surface area contributed by atoms with Gasteiger partial charge in [-0.3, -0.25) is 10.1 Å². The summed E-state index contributed by atoms with van der Waals surface area (Å²) in [5.41, 5.74) is 1.89. The number of rotatable bonds is 6. The summed E-state index contributed by atoms with van der Waals surface area (Å²) < 4.78 is 0. The second-order valence-corrected chi connectivity index (χ2v) is 8.06. The molecular weight excluding hydrogens is 348 g/mol. The van der Waals surface area contributed by atoms with Crippen molar-refractivity contribution in [1.82, 2.24) is 25.1 Å². The van der Waals surface area contributed by atoms with Crippen LogP contribution in [0, 0.1) is 5.92 Å². The van der Waals surface area contributed by atoms with Crippen LogP contribution in [0.2, 0.25) is 0 Å². The lowest BCUT2D eigenvalue weighted by atomic mass is 9.86. The van der Waals surface area contributed by atoms with Crippen molar-refractivity contribution < 1.29 is 0 Å². The van der Waals surface area contributed by atoms with Crippen molar-refractivity contribution in [3.05, 3.63) is 60.7 Å². The number of likely N-dealkylation sites (tertiary alicyclic amines) is 1. The molecule has 2 aliphatic rings. The monoisotopic (exact) mass is 374 g/mol. The van der Waals surface area contributed by atoms with Gasteiger partial charge in [0, 0.05) is 43.3 Å². The lowest BCUT2D eigenvalue weighted by Gasteiger charge is -2.41. The van der Waals surface area contributed by atoms with Crippen LogP contribution >= 0.6 is 0 Å². The Hall–Kier alpha value is -2.73. The number of piperidine rings is 1. The number of hydrogen-bond acceptors (Lipinski definition) is 5. The second kappa shape index (κ2) is 7.36. The van der Waals surface area contributed by atoms with Crippen LogP contribution in [-0.4, -0.2) is 44.7 Å². The van der Waals surface area contributed by atoms with Gasteiger partial charge in [-0.1, -0.05) is 18.2 Å². The average molecular weight is 374 g/mol. The van der Waals surface area contributed by atoms with Crippen molar-refractivity contribution >= 4 is 5.69 Å². The van der Waals surface area contributed by atoms with Gasteiger partial charge in [0.05, 0.1) is 5.54 Å². The predicted octanol–water partition coefficient (Wildman–Crippen LogP) is 3.68. The van der Waals surface area contributed by atoms with E-state index in [2.05, 4.69) is 49.7 Å². The highest BCUT2D eigenvalue weighted by atomic mass is 15.3. The van der Waals surface area contributed by atoms with E-state index in [1.807, 2.05) is 18.2 Å². The van der Waals surface area contributed by atoms with Crippen LogP contribution in [0.5, 0.6) is 0 Å². The highest BCUT2D eigenvalue weighted by Crippen LogP contribution is 2.37. The molecule has 6 nitrogen and oxygen atoms in total. The third-order valence-electron chi connectivity index (χ3n) is 5.96. The fourth-order valence-electron chi connectivity index (χ4n) is 4.11. The number of aromatic amines is 1. The number of hydrogen-bond donors (Lipinski definition) is 2. The van der Waals surface area contributed by atoms with E-state index in [9.17, 15) is 0 Å². The largest absolute Gasteiger partial charge is 0.373 e. The third-order valence-corrected chi connectivity index (χ3v) is 5.96. The van der Waals surface area contributed by atoms with E-state index < -0.39 is 0 Å². The number of para-hydroxylation sites is 1.